The Hall–Kier alpha value is -1.77. The molecule has 1 unspecified atom stereocenters. The molecule has 0 aromatic carbocycles. The second kappa shape index (κ2) is 4.41. The highest BCUT2D eigenvalue weighted by atomic mass is 16.5. The highest BCUT2D eigenvalue weighted by Gasteiger charge is 2.35. The van der Waals surface area contributed by atoms with Gasteiger partial charge in [-0.1, -0.05) is 0 Å². The molecule has 3 heterocycles. The summed E-state index contributed by atoms with van der Waals surface area (Å²) in [5.41, 5.74) is 0.241. The molecule has 0 saturated carbocycles. The summed E-state index contributed by atoms with van der Waals surface area (Å²) in [6.45, 7) is 1.51. The first-order valence-electron chi connectivity index (χ1n) is 5.98. The molecule has 0 radical (unpaired) electrons. The van der Waals surface area contributed by atoms with Gasteiger partial charge in [0, 0.05) is 6.42 Å². The van der Waals surface area contributed by atoms with Gasteiger partial charge in [-0.05, 0) is 6.92 Å². The van der Waals surface area contributed by atoms with Crippen LogP contribution in [0.25, 0.3) is 11.2 Å². The predicted octanol–water partition coefficient (Wildman–Crippen LogP) is -0.931. The number of H-pyrrole nitrogens is 1. The van der Waals surface area contributed by atoms with E-state index in [0.717, 1.165) is 0 Å². The zero-order chi connectivity index (χ0) is 13.6. The van der Waals surface area contributed by atoms with Crippen LogP contribution in [0.2, 0.25) is 0 Å². The Labute approximate surface area is 107 Å². The molecule has 0 aliphatic carbocycles. The Morgan fingerprint density at radius 3 is 3.11 bits per heavy atom. The third kappa shape index (κ3) is 1.93. The average Bonchev–Trinajstić information content (AvgIpc) is 2.92. The third-order valence-corrected chi connectivity index (χ3v) is 3.19. The van der Waals surface area contributed by atoms with E-state index in [-0.39, 0.29) is 17.7 Å². The van der Waals surface area contributed by atoms with Crippen LogP contribution in [-0.4, -0.2) is 48.5 Å². The van der Waals surface area contributed by atoms with E-state index >= 15 is 0 Å². The van der Waals surface area contributed by atoms with Crippen molar-refractivity contribution >= 4 is 11.2 Å². The third-order valence-electron chi connectivity index (χ3n) is 3.19. The van der Waals surface area contributed by atoms with Crippen molar-refractivity contribution in [2.45, 2.75) is 31.8 Å². The number of aliphatic hydroxyl groups excluding tert-OH is 2. The second-order valence-electron chi connectivity index (χ2n) is 4.61. The lowest BCUT2D eigenvalue weighted by molar-refractivity contribution is -0.0487. The Morgan fingerprint density at radius 1 is 1.63 bits per heavy atom. The number of ether oxygens (including phenoxy) is 1. The number of aliphatic hydroxyl groups is 2. The first-order chi connectivity index (χ1) is 9.10. The summed E-state index contributed by atoms with van der Waals surface area (Å²) in [6, 6.07) is 0. The standard InChI is InChI=1S/C11H14N4O4/c1-5-13-9-8(10(18)14-5)12-4-15(9)11-7(17)2-6(3-16)19-11/h4,6-7,11,16-17H,2-3H2,1H3,(H,13,14,18)/t6-,7+,11?/m0/s1. The van der Waals surface area contributed by atoms with E-state index in [1.807, 2.05) is 0 Å². The Morgan fingerprint density at radius 2 is 2.42 bits per heavy atom. The van der Waals surface area contributed by atoms with Crippen molar-refractivity contribution in [3.05, 3.63) is 22.5 Å². The van der Waals surface area contributed by atoms with Gasteiger partial charge in [0.25, 0.3) is 5.56 Å². The van der Waals surface area contributed by atoms with Crippen molar-refractivity contribution in [1.29, 1.82) is 0 Å². The molecule has 1 aliphatic rings. The second-order valence-corrected chi connectivity index (χ2v) is 4.61. The highest BCUT2D eigenvalue weighted by molar-refractivity contribution is 5.69. The number of hydrogen-bond acceptors (Lipinski definition) is 6. The molecule has 8 nitrogen and oxygen atoms in total. The van der Waals surface area contributed by atoms with Gasteiger partial charge in [0.15, 0.2) is 17.4 Å². The number of fused-ring (bicyclic) bond motifs is 1. The number of hydrogen-bond donors (Lipinski definition) is 3. The summed E-state index contributed by atoms with van der Waals surface area (Å²) in [7, 11) is 0. The lowest BCUT2D eigenvalue weighted by Crippen LogP contribution is -2.20. The lowest BCUT2D eigenvalue weighted by Gasteiger charge is -2.16. The van der Waals surface area contributed by atoms with Crippen molar-refractivity contribution in [3.63, 3.8) is 0 Å². The van der Waals surface area contributed by atoms with Crippen LogP contribution in [0.4, 0.5) is 0 Å². The van der Waals surface area contributed by atoms with Crippen LogP contribution in [0.15, 0.2) is 11.1 Å². The molecule has 1 aliphatic heterocycles. The molecule has 3 rings (SSSR count). The molecule has 0 bridgehead atoms. The van der Waals surface area contributed by atoms with Crippen LogP contribution >= 0.6 is 0 Å². The van der Waals surface area contributed by atoms with Crippen LogP contribution in [0, 0.1) is 6.92 Å². The van der Waals surface area contributed by atoms with E-state index in [9.17, 15) is 9.90 Å². The van der Waals surface area contributed by atoms with Gasteiger partial charge in [0.2, 0.25) is 0 Å². The normalized spacial score (nSPS) is 27.2. The molecule has 0 amide bonds. The van der Waals surface area contributed by atoms with Crippen molar-refractivity contribution < 1.29 is 14.9 Å². The van der Waals surface area contributed by atoms with Gasteiger partial charge in [-0.2, -0.15) is 0 Å². The molecule has 102 valence electrons. The lowest BCUT2D eigenvalue weighted by atomic mass is 10.2. The minimum atomic E-state index is -0.768. The van der Waals surface area contributed by atoms with Gasteiger partial charge >= 0.3 is 0 Å². The Balaban J connectivity index is 2.09. The van der Waals surface area contributed by atoms with Gasteiger partial charge in [0.05, 0.1) is 19.0 Å². The summed E-state index contributed by atoms with van der Waals surface area (Å²) in [4.78, 5) is 22.5. The van der Waals surface area contributed by atoms with Gasteiger partial charge in [0.1, 0.15) is 11.9 Å². The van der Waals surface area contributed by atoms with Crippen molar-refractivity contribution in [3.8, 4) is 0 Å². The zero-order valence-corrected chi connectivity index (χ0v) is 10.3. The van der Waals surface area contributed by atoms with Crippen LogP contribution in [0.1, 0.15) is 18.5 Å². The van der Waals surface area contributed by atoms with E-state index in [1.54, 1.807) is 6.92 Å². The predicted molar refractivity (Wildman–Crippen MR) is 64.5 cm³/mol. The maximum Gasteiger partial charge on any atom is 0.279 e. The summed E-state index contributed by atoms with van der Waals surface area (Å²) < 4.78 is 7.05. The number of aryl methyl sites for hydroxylation is 1. The van der Waals surface area contributed by atoms with Gasteiger partial charge in [-0.15, -0.1) is 0 Å². The molecule has 2 aromatic rings. The maximum atomic E-state index is 11.7. The van der Waals surface area contributed by atoms with Crippen LogP contribution in [-0.2, 0) is 4.74 Å². The number of imidazole rings is 1. The van der Waals surface area contributed by atoms with E-state index in [4.69, 9.17) is 9.84 Å². The summed E-state index contributed by atoms with van der Waals surface area (Å²) in [5.74, 6) is 0.463. The number of nitrogens with one attached hydrogen (secondary N) is 1. The first-order valence-corrected chi connectivity index (χ1v) is 5.98. The molecule has 1 saturated heterocycles. The minimum absolute atomic E-state index is 0.159. The van der Waals surface area contributed by atoms with Crippen molar-refractivity contribution in [2.24, 2.45) is 0 Å². The van der Waals surface area contributed by atoms with E-state index < -0.39 is 18.4 Å². The number of aromatic nitrogens is 4. The summed E-state index contributed by atoms with van der Waals surface area (Å²) in [5, 5.41) is 19.0. The first kappa shape index (κ1) is 12.3. The molecule has 19 heavy (non-hydrogen) atoms. The molecule has 0 spiro atoms. The van der Waals surface area contributed by atoms with Crippen LogP contribution in [0.5, 0.6) is 0 Å². The van der Waals surface area contributed by atoms with Gasteiger partial charge in [-0.3, -0.25) is 9.36 Å². The number of nitrogens with zero attached hydrogens (tertiary/aromatic N) is 3. The number of rotatable bonds is 2. The SMILES string of the molecule is Cc1nc2c(ncn2C2O[C@H](CO)C[C@H]2O)c(=O)[nH]1. The minimum Gasteiger partial charge on any atom is -0.394 e. The summed E-state index contributed by atoms with van der Waals surface area (Å²) >= 11 is 0. The smallest absolute Gasteiger partial charge is 0.279 e. The quantitative estimate of drug-likeness (QED) is 0.647. The largest absolute Gasteiger partial charge is 0.394 e. The monoisotopic (exact) mass is 266 g/mol. The van der Waals surface area contributed by atoms with Gasteiger partial charge in [-0.25, -0.2) is 9.97 Å². The van der Waals surface area contributed by atoms with Crippen LogP contribution in [0.3, 0.4) is 0 Å². The molecule has 3 atom stereocenters. The fourth-order valence-corrected chi connectivity index (χ4v) is 2.32. The molecular formula is C11H14N4O4. The molecule has 1 fully saturated rings. The Bertz CT molecular complexity index is 664. The van der Waals surface area contributed by atoms with Crippen LogP contribution < -0.4 is 5.56 Å². The summed E-state index contributed by atoms with van der Waals surface area (Å²) in [6.07, 6.45) is -0.115. The zero-order valence-electron chi connectivity index (χ0n) is 10.3. The maximum absolute atomic E-state index is 11.7. The fourth-order valence-electron chi connectivity index (χ4n) is 2.32. The Kier molecular flexibility index (Phi) is 2.85. The number of aromatic amines is 1. The van der Waals surface area contributed by atoms with E-state index in [0.29, 0.717) is 17.9 Å². The molecule has 2 aromatic heterocycles. The topological polar surface area (TPSA) is 113 Å². The fraction of sp³-hybridized carbons (Fsp3) is 0.545. The van der Waals surface area contributed by atoms with E-state index in [2.05, 4.69) is 15.0 Å². The van der Waals surface area contributed by atoms with Crippen molar-refractivity contribution in [2.75, 3.05) is 6.61 Å². The van der Waals surface area contributed by atoms with Crippen molar-refractivity contribution in [1.82, 2.24) is 19.5 Å². The van der Waals surface area contributed by atoms with Gasteiger partial charge < -0.3 is 19.9 Å². The molecule has 8 heteroatoms. The van der Waals surface area contributed by atoms with E-state index in [1.165, 1.54) is 10.9 Å². The molecular weight excluding hydrogens is 252 g/mol. The average molecular weight is 266 g/mol. The highest BCUT2D eigenvalue weighted by Crippen LogP contribution is 2.30. The molecule has 3 N–H and O–H groups in total.